The van der Waals surface area contributed by atoms with E-state index in [0.29, 0.717) is 17.1 Å². The summed E-state index contributed by atoms with van der Waals surface area (Å²) >= 11 is 0. The number of rotatable bonds is 6. The number of ether oxygens (including phenoxy) is 2. The molecule has 1 aromatic heterocycles. The molecule has 0 N–H and O–H groups in total. The number of sulfone groups is 1. The fraction of sp³-hybridized carbons (Fsp3) is 0.130. The first kappa shape index (κ1) is 23.3. The van der Waals surface area contributed by atoms with Gasteiger partial charge in [-0.25, -0.2) is 8.42 Å². The van der Waals surface area contributed by atoms with Gasteiger partial charge in [0.15, 0.2) is 0 Å². The Morgan fingerprint density at radius 1 is 0.882 bits per heavy atom. The summed E-state index contributed by atoms with van der Waals surface area (Å²) in [6.45, 7) is 0. The highest BCUT2D eigenvalue weighted by molar-refractivity contribution is 7.91. The number of nitrogens with zero attached hydrogens (tertiary/aromatic N) is 2. The molecule has 0 saturated heterocycles. The van der Waals surface area contributed by atoms with Crippen LogP contribution in [0.2, 0.25) is 0 Å². The van der Waals surface area contributed by atoms with E-state index in [1.54, 1.807) is 24.3 Å². The molecule has 11 heteroatoms. The number of hydrogen-bond acceptors (Lipinski definition) is 7. The summed E-state index contributed by atoms with van der Waals surface area (Å²) in [5, 5.41) is 3.94. The lowest BCUT2D eigenvalue weighted by Crippen LogP contribution is -2.07. The number of alkyl halides is 3. The number of benzene rings is 3. The molecular formula is C23H17F3N2O5S. The Morgan fingerprint density at radius 2 is 1.59 bits per heavy atom. The Balaban J connectivity index is 1.77. The van der Waals surface area contributed by atoms with E-state index in [4.69, 9.17) is 14.0 Å². The highest BCUT2D eigenvalue weighted by atomic mass is 32.2. The number of methoxy groups -OCH3 is 2. The van der Waals surface area contributed by atoms with Gasteiger partial charge in [0.1, 0.15) is 11.5 Å². The van der Waals surface area contributed by atoms with Crippen LogP contribution in [-0.4, -0.2) is 32.8 Å². The van der Waals surface area contributed by atoms with Crippen molar-refractivity contribution < 1.29 is 35.6 Å². The second-order valence-electron chi connectivity index (χ2n) is 7.01. The molecule has 0 aliphatic carbocycles. The van der Waals surface area contributed by atoms with Crippen molar-refractivity contribution in [2.24, 2.45) is 0 Å². The van der Waals surface area contributed by atoms with Gasteiger partial charge in [-0.1, -0.05) is 17.3 Å². The average Bonchev–Trinajstić information content (AvgIpc) is 3.33. The summed E-state index contributed by atoms with van der Waals surface area (Å²) in [5.74, 6) is 1.00. The topological polar surface area (TPSA) is 91.5 Å². The normalized spacial score (nSPS) is 11.9. The molecule has 0 atom stereocenters. The maximum atomic E-state index is 13.2. The van der Waals surface area contributed by atoms with Gasteiger partial charge in [0.05, 0.1) is 40.7 Å². The van der Waals surface area contributed by atoms with E-state index in [2.05, 4.69) is 10.1 Å². The maximum absolute atomic E-state index is 13.2. The Morgan fingerprint density at radius 3 is 2.24 bits per heavy atom. The van der Waals surface area contributed by atoms with Crippen molar-refractivity contribution in [2.75, 3.05) is 14.2 Å². The molecule has 0 bridgehead atoms. The smallest absolute Gasteiger partial charge is 0.416 e. The third-order valence-electron chi connectivity index (χ3n) is 4.97. The molecule has 4 rings (SSSR count). The van der Waals surface area contributed by atoms with Crippen LogP contribution in [0.1, 0.15) is 5.56 Å². The van der Waals surface area contributed by atoms with Gasteiger partial charge < -0.3 is 14.0 Å². The van der Waals surface area contributed by atoms with Crippen molar-refractivity contribution in [2.45, 2.75) is 16.0 Å². The van der Waals surface area contributed by atoms with Crippen molar-refractivity contribution >= 4 is 9.84 Å². The SMILES string of the molecule is COc1ccc(OC)c(-c2noc(-c3ccccc3S(=O)(=O)c3ccc(C(F)(F)F)cc3)n2)c1. The van der Waals surface area contributed by atoms with Gasteiger partial charge in [0.2, 0.25) is 15.7 Å². The molecule has 0 aliphatic rings. The number of aromatic nitrogens is 2. The third kappa shape index (κ3) is 4.34. The molecule has 0 fully saturated rings. The van der Waals surface area contributed by atoms with Gasteiger partial charge in [-0.05, 0) is 54.6 Å². The zero-order valence-electron chi connectivity index (χ0n) is 17.8. The predicted octanol–water partition coefficient (Wildman–Crippen LogP) is 5.27. The summed E-state index contributed by atoms with van der Waals surface area (Å²) in [7, 11) is -1.23. The second-order valence-corrected chi connectivity index (χ2v) is 8.93. The highest BCUT2D eigenvalue weighted by Gasteiger charge is 2.31. The molecule has 3 aromatic carbocycles. The fourth-order valence-electron chi connectivity index (χ4n) is 3.26. The number of halogens is 3. The third-order valence-corrected chi connectivity index (χ3v) is 6.80. The average molecular weight is 490 g/mol. The fourth-order valence-corrected chi connectivity index (χ4v) is 4.71. The van der Waals surface area contributed by atoms with Gasteiger partial charge in [0, 0.05) is 0 Å². The molecule has 34 heavy (non-hydrogen) atoms. The zero-order valence-corrected chi connectivity index (χ0v) is 18.6. The van der Waals surface area contributed by atoms with Crippen molar-refractivity contribution in [3.8, 4) is 34.3 Å². The van der Waals surface area contributed by atoms with E-state index < -0.39 is 21.6 Å². The summed E-state index contributed by atoms with van der Waals surface area (Å²) < 4.78 is 81.0. The van der Waals surface area contributed by atoms with Gasteiger partial charge in [-0.3, -0.25) is 0 Å². The van der Waals surface area contributed by atoms with E-state index >= 15 is 0 Å². The van der Waals surface area contributed by atoms with Crippen LogP contribution in [0.25, 0.3) is 22.8 Å². The van der Waals surface area contributed by atoms with Crippen LogP contribution in [0.15, 0.2) is 81.0 Å². The zero-order chi connectivity index (χ0) is 24.5. The maximum Gasteiger partial charge on any atom is 0.416 e. The lowest BCUT2D eigenvalue weighted by Gasteiger charge is -2.10. The van der Waals surface area contributed by atoms with Crippen LogP contribution in [0.5, 0.6) is 11.5 Å². The van der Waals surface area contributed by atoms with Crippen LogP contribution in [-0.2, 0) is 16.0 Å². The molecule has 0 aliphatic heterocycles. The molecule has 176 valence electrons. The molecule has 7 nitrogen and oxygen atoms in total. The first-order valence-electron chi connectivity index (χ1n) is 9.73. The van der Waals surface area contributed by atoms with E-state index in [1.165, 1.54) is 32.4 Å². The largest absolute Gasteiger partial charge is 0.497 e. The molecule has 0 radical (unpaired) electrons. The lowest BCUT2D eigenvalue weighted by atomic mass is 10.1. The first-order valence-corrected chi connectivity index (χ1v) is 11.2. The summed E-state index contributed by atoms with van der Waals surface area (Å²) in [4.78, 5) is 3.83. The first-order chi connectivity index (χ1) is 16.1. The van der Waals surface area contributed by atoms with Crippen LogP contribution >= 0.6 is 0 Å². The van der Waals surface area contributed by atoms with Crippen molar-refractivity contribution in [3.63, 3.8) is 0 Å². The minimum atomic E-state index is -4.58. The van der Waals surface area contributed by atoms with Gasteiger partial charge in [0.25, 0.3) is 5.89 Å². The van der Waals surface area contributed by atoms with Gasteiger partial charge >= 0.3 is 6.18 Å². The summed E-state index contributed by atoms with van der Waals surface area (Å²) in [6.07, 6.45) is -4.58. The van der Waals surface area contributed by atoms with Crippen LogP contribution in [0.3, 0.4) is 0 Å². The van der Waals surface area contributed by atoms with Gasteiger partial charge in [-0.2, -0.15) is 18.2 Å². The summed E-state index contributed by atoms with van der Waals surface area (Å²) in [5.41, 5.74) is -0.392. The molecule has 0 amide bonds. The molecular weight excluding hydrogens is 473 g/mol. The Bertz CT molecular complexity index is 1430. The molecule has 0 unspecified atom stereocenters. The molecule has 1 heterocycles. The standard InChI is InChI=1S/C23H17F3N2O5S/c1-31-15-9-12-19(32-2)18(13-15)21-27-22(33-28-21)17-5-3-4-6-20(17)34(29,30)16-10-7-14(8-11-16)23(24,25)26/h3-13H,1-2H3. The van der Waals surface area contributed by atoms with E-state index in [1.807, 2.05) is 0 Å². The number of hydrogen-bond donors (Lipinski definition) is 0. The van der Waals surface area contributed by atoms with E-state index in [-0.39, 0.29) is 27.1 Å². The summed E-state index contributed by atoms with van der Waals surface area (Å²) in [6, 6.07) is 14.1. The monoisotopic (exact) mass is 490 g/mol. The highest BCUT2D eigenvalue weighted by Crippen LogP contribution is 2.36. The van der Waals surface area contributed by atoms with Crippen LogP contribution in [0, 0.1) is 0 Å². The lowest BCUT2D eigenvalue weighted by molar-refractivity contribution is -0.137. The Hall–Kier alpha value is -3.86. The van der Waals surface area contributed by atoms with E-state index in [0.717, 1.165) is 24.3 Å². The van der Waals surface area contributed by atoms with Crippen molar-refractivity contribution in [3.05, 3.63) is 72.3 Å². The second kappa shape index (κ2) is 8.82. The van der Waals surface area contributed by atoms with Gasteiger partial charge in [-0.15, -0.1) is 0 Å². The minimum Gasteiger partial charge on any atom is -0.497 e. The quantitative estimate of drug-likeness (QED) is 0.364. The van der Waals surface area contributed by atoms with Crippen molar-refractivity contribution in [1.29, 1.82) is 0 Å². The Kier molecular flexibility index (Phi) is 6.05. The molecule has 0 spiro atoms. The minimum absolute atomic E-state index is 0.0917. The molecule has 4 aromatic rings. The van der Waals surface area contributed by atoms with Crippen molar-refractivity contribution in [1.82, 2.24) is 10.1 Å². The predicted molar refractivity (Wildman–Crippen MR) is 115 cm³/mol. The van der Waals surface area contributed by atoms with Crippen LogP contribution in [0.4, 0.5) is 13.2 Å². The van der Waals surface area contributed by atoms with E-state index in [9.17, 15) is 21.6 Å². The molecule has 0 saturated carbocycles. The van der Waals surface area contributed by atoms with Crippen LogP contribution < -0.4 is 9.47 Å². The Labute approximate surface area is 192 Å².